The summed E-state index contributed by atoms with van der Waals surface area (Å²) in [6, 6.07) is 0. The van der Waals surface area contributed by atoms with E-state index in [9.17, 15) is 9.59 Å². The van der Waals surface area contributed by atoms with Gasteiger partial charge in [-0.2, -0.15) is 0 Å². The highest BCUT2D eigenvalue weighted by Crippen LogP contribution is 2.07. The van der Waals surface area contributed by atoms with Crippen LogP contribution in [0, 0.1) is 0 Å². The molecule has 1 heterocycles. The van der Waals surface area contributed by atoms with Crippen molar-refractivity contribution in [3.05, 3.63) is 12.2 Å². The highest BCUT2D eigenvalue weighted by molar-refractivity contribution is 5.91. The van der Waals surface area contributed by atoms with Gasteiger partial charge in [0.1, 0.15) is 5.60 Å². The summed E-state index contributed by atoms with van der Waals surface area (Å²) in [5.74, 6) is -1.07. The Morgan fingerprint density at radius 1 is 1.14 bits per heavy atom. The first kappa shape index (κ1) is 17.7. The number of carbonyl (C=O) groups excluding carboxylic acids is 2. The summed E-state index contributed by atoms with van der Waals surface area (Å²) in [5.41, 5.74) is -0.566. The third-order valence-corrected chi connectivity index (χ3v) is 2.73. The molecule has 0 amide bonds. The van der Waals surface area contributed by atoms with Gasteiger partial charge in [-0.1, -0.05) is 0 Å². The van der Waals surface area contributed by atoms with Crippen LogP contribution in [-0.4, -0.2) is 61.9 Å². The molecule has 120 valence electrons. The van der Waals surface area contributed by atoms with E-state index in [1.165, 1.54) is 0 Å². The van der Waals surface area contributed by atoms with Crippen molar-refractivity contribution in [3.8, 4) is 0 Å². The van der Waals surface area contributed by atoms with E-state index in [-0.39, 0.29) is 0 Å². The summed E-state index contributed by atoms with van der Waals surface area (Å²) in [4.78, 5) is 25.0. The quantitative estimate of drug-likeness (QED) is 0.416. The molecule has 1 fully saturated rings. The number of ether oxygens (including phenoxy) is 3. The van der Waals surface area contributed by atoms with Gasteiger partial charge in [0.05, 0.1) is 19.8 Å². The van der Waals surface area contributed by atoms with Crippen LogP contribution in [0.2, 0.25) is 0 Å². The van der Waals surface area contributed by atoms with Crippen molar-refractivity contribution < 1.29 is 23.8 Å². The van der Waals surface area contributed by atoms with Crippen molar-refractivity contribution in [2.45, 2.75) is 32.8 Å². The van der Waals surface area contributed by atoms with Crippen molar-refractivity contribution >= 4 is 11.9 Å². The Kier molecular flexibility index (Phi) is 7.39. The molecule has 0 atom stereocenters. The van der Waals surface area contributed by atoms with Crippen molar-refractivity contribution in [2.24, 2.45) is 0 Å². The molecule has 0 spiro atoms. The number of hydrogen-bond acceptors (Lipinski definition) is 6. The molecule has 0 unspecified atom stereocenters. The Morgan fingerprint density at radius 2 is 1.76 bits per heavy atom. The van der Waals surface area contributed by atoms with E-state index in [1.54, 1.807) is 20.8 Å². The van der Waals surface area contributed by atoms with Crippen LogP contribution in [0.3, 0.4) is 0 Å². The summed E-state index contributed by atoms with van der Waals surface area (Å²) in [6.45, 7) is 9.89. The van der Waals surface area contributed by atoms with Gasteiger partial charge in [-0.15, -0.1) is 0 Å². The predicted molar refractivity (Wildman–Crippen MR) is 77.8 cm³/mol. The molecule has 0 aromatic rings. The maximum atomic E-state index is 11.4. The third-order valence-electron chi connectivity index (χ3n) is 2.73. The van der Waals surface area contributed by atoms with Crippen LogP contribution in [-0.2, 0) is 23.8 Å². The molecule has 1 aliphatic rings. The maximum absolute atomic E-state index is 11.4. The molecule has 6 nitrogen and oxygen atoms in total. The van der Waals surface area contributed by atoms with E-state index in [0.29, 0.717) is 6.61 Å². The summed E-state index contributed by atoms with van der Waals surface area (Å²) in [7, 11) is 0. The largest absolute Gasteiger partial charge is 0.462 e. The lowest BCUT2D eigenvalue weighted by Crippen LogP contribution is -2.37. The van der Waals surface area contributed by atoms with Crippen LogP contribution in [0.15, 0.2) is 12.2 Å². The fraction of sp³-hybridized carbons (Fsp3) is 0.733. The Morgan fingerprint density at radius 3 is 2.38 bits per heavy atom. The molecule has 1 saturated heterocycles. The molecule has 0 saturated carbocycles. The normalized spacial score (nSPS) is 16.9. The minimum absolute atomic E-state index is 0.342. The lowest BCUT2D eigenvalue weighted by molar-refractivity contribution is -0.149. The molecular formula is C15H25NO5. The first-order chi connectivity index (χ1) is 9.87. The second-order valence-electron chi connectivity index (χ2n) is 5.84. The first-order valence-corrected chi connectivity index (χ1v) is 7.25. The van der Waals surface area contributed by atoms with Crippen molar-refractivity contribution in [3.63, 3.8) is 0 Å². The van der Waals surface area contributed by atoms with Gasteiger partial charge in [0.2, 0.25) is 0 Å². The fourth-order valence-corrected chi connectivity index (χ4v) is 1.81. The van der Waals surface area contributed by atoms with Crippen LogP contribution < -0.4 is 0 Å². The zero-order valence-corrected chi connectivity index (χ0v) is 13.1. The third kappa shape index (κ3) is 9.20. The van der Waals surface area contributed by atoms with Gasteiger partial charge in [-0.25, -0.2) is 9.59 Å². The average Bonchev–Trinajstić information content (AvgIpc) is 2.41. The molecule has 21 heavy (non-hydrogen) atoms. The van der Waals surface area contributed by atoms with E-state index in [0.717, 1.165) is 51.4 Å². The zero-order chi connectivity index (χ0) is 15.7. The van der Waals surface area contributed by atoms with Gasteiger partial charge in [-0.05, 0) is 27.2 Å². The van der Waals surface area contributed by atoms with Crippen LogP contribution >= 0.6 is 0 Å². The second-order valence-corrected chi connectivity index (χ2v) is 5.84. The van der Waals surface area contributed by atoms with E-state index in [2.05, 4.69) is 4.90 Å². The van der Waals surface area contributed by atoms with E-state index in [4.69, 9.17) is 14.2 Å². The average molecular weight is 299 g/mol. The topological polar surface area (TPSA) is 65.1 Å². The molecule has 6 heteroatoms. The van der Waals surface area contributed by atoms with E-state index >= 15 is 0 Å². The molecule has 1 aliphatic heterocycles. The number of esters is 2. The van der Waals surface area contributed by atoms with Gasteiger partial charge >= 0.3 is 11.9 Å². The van der Waals surface area contributed by atoms with Crippen molar-refractivity contribution in [1.29, 1.82) is 0 Å². The Balaban J connectivity index is 2.11. The fourth-order valence-electron chi connectivity index (χ4n) is 1.81. The van der Waals surface area contributed by atoms with Gasteiger partial charge in [0, 0.05) is 31.8 Å². The lowest BCUT2D eigenvalue weighted by atomic mass is 10.2. The Bertz CT molecular complexity index is 367. The first-order valence-electron chi connectivity index (χ1n) is 7.25. The molecule has 0 N–H and O–H groups in total. The zero-order valence-electron chi connectivity index (χ0n) is 13.1. The van der Waals surface area contributed by atoms with E-state index < -0.39 is 17.5 Å². The minimum Gasteiger partial charge on any atom is -0.462 e. The monoisotopic (exact) mass is 299 g/mol. The summed E-state index contributed by atoms with van der Waals surface area (Å²) >= 11 is 0. The van der Waals surface area contributed by atoms with Crippen LogP contribution in [0.1, 0.15) is 27.2 Å². The Hall–Kier alpha value is -1.40. The molecule has 0 radical (unpaired) electrons. The molecule has 0 aromatic heterocycles. The summed E-state index contributed by atoms with van der Waals surface area (Å²) in [5, 5.41) is 0. The summed E-state index contributed by atoms with van der Waals surface area (Å²) < 4.78 is 15.3. The second kappa shape index (κ2) is 8.79. The molecule has 1 rings (SSSR count). The minimum atomic E-state index is -0.566. The molecular weight excluding hydrogens is 274 g/mol. The standard InChI is InChI=1S/C15H25NO5/c1-15(2,3)21-14(18)6-5-13(17)20-10-4-7-16-8-11-19-12-9-16/h5-6H,4,7-12H2,1-3H3/b6-5+. The number of nitrogens with zero attached hydrogens (tertiary/aromatic N) is 1. The molecule has 0 aromatic carbocycles. The summed E-state index contributed by atoms with van der Waals surface area (Å²) in [6.07, 6.45) is 2.96. The number of carbonyl (C=O) groups is 2. The SMILES string of the molecule is CC(C)(C)OC(=O)/C=C/C(=O)OCCCN1CCOCC1. The van der Waals surface area contributed by atoms with Gasteiger partial charge in [-0.3, -0.25) is 4.90 Å². The Labute approximate surface area is 126 Å². The van der Waals surface area contributed by atoms with Gasteiger partial charge in [0.15, 0.2) is 0 Å². The van der Waals surface area contributed by atoms with Crippen LogP contribution in [0.5, 0.6) is 0 Å². The van der Waals surface area contributed by atoms with Crippen LogP contribution in [0.25, 0.3) is 0 Å². The van der Waals surface area contributed by atoms with Crippen molar-refractivity contribution in [1.82, 2.24) is 4.90 Å². The highest BCUT2D eigenvalue weighted by atomic mass is 16.6. The van der Waals surface area contributed by atoms with Crippen LogP contribution in [0.4, 0.5) is 0 Å². The number of rotatable bonds is 6. The van der Waals surface area contributed by atoms with Crippen molar-refractivity contribution in [2.75, 3.05) is 39.5 Å². The predicted octanol–water partition coefficient (Wildman–Crippen LogP) is 1.15. The highest BCUT2D eigenvalue weighted by Gasteiger charge is 2.14. The number of hydrogen-bond donors (Lipinski definition) is 0. The maximum Gasteiger partial charge on any atom is 0.331 e. The number of morpholine rings is 1. The van der Waals surface area contributed by atoms with Gasteiger partial charge in [0.25, 0.3) is 0 Å². The van der Waals surface area contributed by atoms with E-state index in [1.807, 2.05) is 0 Å². The van der Waals surface area contributed by atoms with Gasteiger partial charge < -0.3 is 14.2 Å². The lowest BCUT2D eigenvalue weighted by Gasteiger charge is -2.26. The molecule has 0 aliphatic carbocycles. The molecule has 0 bridgehead atoms. The smallest absolute Gasteiger partial charge is 0.331 e.